The van der Waals surface area contributed by atoms with Crippen LogP contribution in [0.4, 0.5) is 0 Å². The Kier molecular flexibility index (Phi) is 8.06. The van der Waals surface area contributed by atoms with Gasteiger partial charge in [0, 0.05) is 39.4 Å². The van der Waals surface area contributed by atoms with Crippen LogP contribution in [-0.2, 0) is 9.53 Å². The van der Waals surface area contributed by atoms with Crippen LogP contribution in [0.1, 0.15) is 35.9 Å². The molecule has 0 aromatic carbocycles. The summed E-state index contributed by atoms with van der Waals surface area (Å²) < 4.78 is 5.02. The summed E-state index contributed by atoms with van der Waals surface area (Å²) in [6, 6.07) is 0. The average Bonchev–Trinajstić information content (AvgIpc) is 2.53. The predicted molar refractivity (Wildman–Crippen MR) is 82.5 cm³/mol. The summed E-state index contributed by atoms with van der Waals surface area (Å²) in [5.41, 5.74) is 1.02. The Hall–Kier alpha value is -2.02. The van der Waals surface area contributed by atoms with E-state index in [4.69, 9.17) is 4.74 Å². The highest BCUT2D eigenvalue weighted by molar-refractivity contribution is 5.92. The molecule has 0 aliphatic heterocycles. The Balaban J connectivity index is 2.64. The maximum Gasteiger partial charge on any atom is 0.274 e. The highest BCUT2D eigenvalue weighted by Gasteiger charge is 2.18. The minimum atomic E-state index is -0.243. The predicted octanol–water partition coefficient (Wildman–Crippen LogP) is 0.790. The van der Waals surface area contributed by atoms with E-state index in [0.717, 1.165) is 12.1 Å². The van der Waals surface area contributed by atoms with Crippen LogP contribution in [0.25, 0.3) is 0 Å². The van der Waals surface area contributed by atoms with Crippen LogP contribution in [0, 0.1) is 6.92 Å². The zero-order chi connectivity index (χ0) is 16.4. The molecule has 1 aromatic heterocycles. The van der Waals surface area contributed by atoms with Crippen molar-refractivity contribution in [3.8, 4) is 0 Å². The van der Waals surface area contributed by atoms with Crippen LogP contribution in [-0.4, -0.2) is 60.0 Å². The van der Waals surface area contributed by atoms with Gasteiger partial charge in [-0.3, -0.25) is 14.6 Å². The molecule has 0 bridgehead atoms. The lowest BCUT2D eigenvalue weighted by Gasteiger charge is -2.21. The molecule has 0 aliphatic rings. The Morgan fingerprint density at radius 2 is 2.05 bits per heavy atom. The van der Waals surface area contributed by atoms with Crippen LogP contribution in [0.3, 0.4) is 0 Å². The van der Waals surface area contributed by atoms with E-state index in [9.17, 15) is 9.59 Å². The van der Waals surface area contributed by atoms with Crippen molar-refractivity contribution in [3.63, 3.8) is 0 Å². The summed E-state index contributed by atoms with van der Waals surface area (Å²) in [6.45, 7) is 5.59. The van der Waals surface area contributed by atoms with Crippen molar-refractivity contribution in [1.29, 1.82) is 0 Å². The number of ether oxygens (including phenoxy) is 1. The van der Waals surface area contributed by atoms with E-state index < -0.39 is 0 Å². The molecule has 22 heavy (non-hydrogen) atoms. The second kappa shape index (κ2) is 9.83. The lowest BCUT2D eigenvalue weighted by atomic mass is 10.3. The number of hydrogen-bond acceptors (Lipinski definition) is 5. The van der Waals surface area contributed by atoms with Crippen molar-refractivity contribution in [2.45, 2.75) is 26.7 Å². The molecule has 0 fully saturated rings. The Morgan fingerprint density at radius 3 is 2.64 bits per heavy atom. The van der Waals surface area contributed by atoms with Crippen molar-refractivity contribution < 1.29 is 14.3 Å². The molecular formula is C15H24N4O3. The zero-order valence-corrected chi connectivity index (χ0v) is 13.5. The summed E-state index contributed by atoms with van der Waals surface area (Å²) in [7, 11) is 1.57. The Morgan fingerprint density at radius 1 is 1.27 bits per heavy atom. The molecule has 1 heterocycles. The quantitative estimate of drug-likeness (QED) is 0.729. The van der Waals surface area contributed by atoms with Gasteiger partial charge >= 0.3 is 0 Å². The van der Waals surface area contributed by atoms with Crippen LogP contribution in [0.5, 0.6) is 0 Å². The fourth-order valence-corrected chi connectivity index (χ4v) is 1.77. The van der Waals surface area contributed by atoms with E-state index >= 15 is 0 Å². The van der Waals surface area contributed by atoms with Gasteiger partial charge in [0.1, 0.15) is 5.69 Å². The van der Waals surface area contributed by atoms with Gasteiger partial charge in [0.05, 0.1) is 18.5 Å². The molecular weight excluding hydrogens is 284 g/mol. The first-order valence-electron chi connectivity index (χ1n) is 7.42. The van der Waals surface area contributed by atoms with E-state index in [1.807, 2.05) is 13.8 Å². The smallest absolute Gasteiger partial charge is 0.274 e. The standard InChI is InChI=1S/C15H24N4O3/c1-4-6-16-14(20)5-7-19(8-9-22-3)15(21)13-11-17-12(2)10-18-13/h10-11H,4-9H2,1-3H3,(H,16,20). The van der Waals surface area contributed by atoms with Crippen molar-refractivity contribution in [2.24, 2.45) is 0 Å². The SMILES string of the molecule is CCCNC(=O)CCN(CCOC)C(=O)c1cnc(C)cn1. The van der Waals surface area contributed by atoms with Crippen LogP contribution < -0.4 is 5.32 Å². The Labute approximate surface area is 131 Å². The lowest BCUT2D eigenvalue weighted by Crippen LogP contribution is -2.38. The zero-order valence-electron chi connectivity index (χ0n) is 13.5. The molecule has 0 aliphatic carbocycles. The molecule has 1 N–H and O–H groups in total. The molecule has 7 heteroatoms. The number of hydrogen-bond donors (Lipinski definition) is 1. The molecule has 0 unspecified atom stereocenters. The van der Waals surface area contributed by atoms with Crippen molar-refractivity contribution in [3.05, 3.63) is 23.8 Å². The van der Waals surface area contributed by atoms with Crippen LogP contribution >= 0.6 is 0 Å². The molecule has 7 nitrogen and oxygen atoms in total. The van der Waals surface area contributed by atoms with Crippen molar-refractivity contribution in [1.82, 2.24) is 20.2 Å². The molecule has 0 saturated carbocycles. The second-order valence-electron chi connectivity index (χ2n) is 4.93. The number of amides is 2. The third-order valence-electron chi connectivity index (χ3n) is 3.03. The Bertz CT molecular complexity index is 476. The summed E-state index contributed by atoms with van der Waals surface area (Å²) in [5, 5.41) is 2.79. The van der Waals surface area contributed by atoms with Gasteiger partial charge in [-0.25, -0.2) is 4.98 Å². The van der Waals surface area contributed by atoms with Gasteiger partial charge in [-0.05, 0) is 13.3 Å². The topological polar surface area (TPSA) is 84.4 Å². The minimum Gasteiger partial charge on any atom is -0.383 e. The first-order valence-corrected chi connectivity index (χ1v) is 7.42. The molecule has 0 saturated heterocycles. The number of carbonyl (C=O) groups is 2. The summed E-state index contributed by atoms with van der Waals surface area (Å²) >= 11 is 0. The minimum absolute atomic E-state index is 0.0629. The molecule has 2 amide bonds. The fourth-order valence-electron chi connectivity index (χ4n) is 1.77. The number of aryl methyl sites for hydroxylation is 1. The third kappa shape index (κ3) is 6.17. The van der Waals surface area contributed by atoms with Crippen LogP contribution in [0.15, 0.2) is 12.4 Å². The van der Waals surface area contributed by atoms with Crippen molar-refractivity contribution in [2.75, 3.05) is 33.4 Å². The third-order valence-corrected chi connectivity index (χ3v) is 3.03. The second-order valence-corrected chi connectivity index (χ2v) is 4.93. The molecule has 1 aromatic rings. The highest BCUT2D eigenvalue weighted by atomic mass is 16.5. The van der Waals surface area contributed by atoms with E-state index in [-0.39, 0.29) is 23.9 Å². The summed E-state index contributed by atoms with van der Waals surface area (Å²) in [5.74, 6) is -0.306. The fraction of sp³-hybridized carbons (Fsp3) is 0.600. The van der Waals surface area contributed by atoms with Gasteiger partial charge < -0.3 is 15.0 Å². The van der Waals surface area contributed by atoms with Crippen LogP contribution in [0.2, 0.25) is 0 Å². The van der Waals surface area contributed by atoms with Crippen molar-refractivity contribution >= 4 is 11.8 Å². The number of rotatable bonds is 9. The molecule has 1 rings (SSSR count). The van der Waals surface area contributed by atoms with E-state index in [0.29, 0.717) is 26.2 Å². The lowest BCUT2D eigenvalue weighted by molar-refractivity contribution is -0.121. The van der Waals surface area contributed by atoms with Gasteiger partial charge in [-0.1, -0.05) is 6.92 Å². The summed E-state index contributed by atoms with van der Waals surface area (Å²) in [4.78, 5) is 33.8. The summed E-state index contributed by atoms with van der Waals surface area (Å²) in [6.07, 6.45) is 4.15. The number of aromatic nitrogens is 2. The van der Waals surface area contributed by atoms with Gasteiger partial charge in [0.2, 0.25) is 5.91 Å². The number of methoxy groups -OCH3 is 1. The molecule has 0 radical (unpaired) electrons. The number of nitrogens with one attached hydrogen (secondary N) is 1. The normalized spacial score (nSPS) is 10.3. The van der Waals surface area contributed by atoms with E-state index in [1.54, 1.807) is 18.2 Å². The maximum atomic E-state index is 12.4. The first-order chi connectivity index (χ1) is 10.6. The van der Waals surface area contributed by atoms with E-state index in [1.165, 1.54) is 6.20 Å². The largest absolute Gasteiger partial charge is 0.383 e. The van der Waals surface area contributed by atoms with Gasteiger partial charge in [-0.15, -0.1) is 0 Å². The molecule has 0 spiro atoms. The number of carbonyl (C=O) groups excluding carboxylic acids is 2. The number of nitrogens with zero attached hydrogens (tertiary/aromatic N) is 3. The molecule has 0 atom stereocenters. The average molecular weight is 308 g/mol. The maximum absolute atomic E-state index is 12.4. The van der Waals surface area contributed by atoms with Gasteiger partial charge in [0.25, 0.3) is 5.91 Å². The van der Waals surface area contributed by atoms with E-state index in [2.05, 4.69) is 15.3 Å². The first kappa shape index (κ1) is 18.0. The highest BCUT2D eigenvalue weighted by Crippen LogP contribution is 2.03. The van der Waals surface area contributed by atoms with Gasteiger partial charge in [-0.2, -0.15) is 0 Å². The molecule has 122 valence electrons. The monoisotopic (exact) mass is 308 g/mol. The van der Waals surface area contributed by atoms with Gasteiger partial charge in [0.15, 0.2) is 0 Å².